The quantitative estimate of drug-likeness (QED) is 0.545. The summed E-state index contributed by atoms with van der Waals surface area (Å²) in [6.07, 6.45) is 4.99. The molecule has 3 aromatic rings. The zero-order valence-corrected chi connectivity index (χ0v) is 18.8. The molecule has 1 aliphatic carbocycles. The van der Waals surface area contributed by atoms with Gasteiger partial charge in [-0.25, -0.2) is 0 Å². The minimum absolute atomic E-state index is 0.0940. The molecule has 1 amide bonds. The van der Waals surface area contributed by atoms with Crippen LogP contribution in [0, 0.1) is 0 Å². The Morgan fingerprint density at radius 1 is 1.18 bits per heavy atom. The summed E-state index contributed by atoms with van der Waals surface area (Å²) in [5.74, 6) is -0.881. The summed E-state index contributed by atoms with van der Waals surface area (Å²) in [5.41, 5.74) is 4.83. The Bertz CT molecular complexity index is 1270. The highest BCUT2D eigenvalue weighted by Gasteiger charge is 2.35. The van der Waals surface area contributed by atoms with Crippen LogP contribution in [0.1, 0.15) is 29.4 Å². The molecule has 0 saturated carbocycles. The summed E-state index contributed by atoms with van der Waals surface area (Å²) in [6.45, 7) is 4.94. The molecular weight excluding hydrogens is 442 g/mol. The number of fused-ring (bicyclic) bond motifs is 1. The smallest absolute Gasteiger partial charge is 0.260 e. The lowest BCUT2D eigenvalue weighted by Crippen LogP contribution is -2.36. The van der Waals surface area contributed by atoms with Gasteiger partial charge in [0, 0.05) is 36.1 Å². The Kier molecular flexibility index (Phi) is 5.74. The van der Waals surface area contributed by atoms with Crippen molar-refractivity contribution in [2.45, 2.75) is 13.3 Å². The average Bonchev–Trinajstić information content (AvgIpc) is 3.41. The molecule has 1 aliphatic heterocycles. The summed E-state index contributed by atoms with van der Waals surface area (Å²) in [4.78, 5) is 32.6. The highest BCUT2D eigenvalue weighted by molar-refractivity contribution is 6.37. The first-order valence-electron chi connectivity index (χ1n) is 10.8. The Balaban J connectivity index is 1.43. The molecule has 0 bridgehead atoms. The number of anilines is 2. The molecule has 2 aliphatic rings. The number of allylic oxidation sites excluding steroid dienone is 1. The third-order valence-corrected chi connectivity index (χ3v) is 6.15. The maximum absolute atomic E-state index is 13.2. The molecule has 1 N–H and O–H groups in total. The van der Waals surface area contributed by atoms with Crippen molar-refractivity contribution in [1.82, 2.24) is 4.98 Å². The topological polar surface area (TPSA) is 84.7 Å². The normalized spacial score (nSPS) is 15.7. The van der Waals surface area contributed by atoms with Crippen LogP contribution < -0.4 is 10.2 Å². The fourth-order valence-corrected chi connectivity index (χ4v) is 4.50. The number of ether oxygens (including phenoxy) is 1. The SMILES string of the molecule is CCC1=C(C(=O)Nc2cocc2-c2cccc(N3CCOCC3)c2)C(=O)c2ncc(Cl)cc21. The van der Waals surface area contributed by atoms with Crippen LogP contribution in [0.4, 0.5) is 11.4 Å². The number of rotatable bonds is 5. The number of furan rings is 1. The van der Waals surface area contributed by atoms with Crippen LogP contribution in [0.15, 0.2) is 59.0 Å². The maximum atomic E-state index is 13.2. The predicted molar refractivity (Wildman–Crippen MR) is 127 cm³/mol. The van der Waals surface area contributed by atoms with Gasteiger partial charge in [0.05, 0.1) is 29.5 Å². The number of hydrogen-bond acceptors (Lipinski definition) is 6. The molecule has 0 unspecified atom stereocenters. The van der Waals surface area contributed by atoms with Crippen molar-refractivity contribution in [1.29, 1.82) is 0 Å². The lowest BCUT2D eigenvalue weighted by molar-refractivity contribution is -0.112. The maximum Gasteiger partial charge on any atom is 0.260 e. The fraction of sp³-hybridized carbons (Fsp3) is 0.240. The molecule has 1 saturated heterocycles. The van der Waals surface area contributed by atoms with Gasteiger partial charge in [-0.2, -0.15) is 0 Å². The Morgan fingerprint density at radius 2 is 2.00 bits per heavy atom. The minimum atomic E-state index is -0.488. The molecule has 0 spiro atoms. The van der Waals surface area contributed by atoms with Crippen molar-refractivity contribution in [2.75, 3.05) is 36.5 Å². The van der Waals surface area contributed by atoms with Gasteiger partial charge in [0.25, 0.3) is 5.91 Å². The number of amides is 1. The molecule has 0 radical (unpaired) electrons. The Morgan fingerprint density at radius 3 is 2.79 bits per heavy atom. The van der Waals surface area contributed by atoms with Crippen molar-refractivity contribution in [3.05, 3.63) is 70.9 Å². The van der Waals surface area contributed by atoms with Gasteiger partial charge in [0.15, 0.2) is 0 Å². The third-order valence-electron chi connectivity index (χ3n) is 5.95. The number of carbonyl (C=O) groups excluding carboxylic acids is 2. The zero-order valence-electron chi connectivity index (χ0n) is 18.1. The van der Waals surface area contributed by atoms with Crippen LogP contribution in [0.3, 0.4) is 0 Å². The van der Waals surface area contributed by atoms with Crippen molar-refractivity contribution in [2.24, 2.45) is 0 Å². The van der Waals surface area contributed by atoms with Gasteiger partial charge >= 0.3 is 0 Å². The van der Waals surface area contributed by atoms with Gasteiger partial charge in [-0.1, -0.05) is 30.7 Å². The number of pyridine rings is 1. The first-order chi connectivity index (χ1) is 16.1. The van der Waals surface area contributed by atoms with Gasteiger partial charge in [0.2, 0.25) is 5.78 Å². The third kappa shape index (κ3) is 3.94. The van der Waals surface area contributed by atoms with Crippen LogP contribution in [-0.2, 0) is 9.53 Å². The van der Waals surface area contributed by atoms with E-state index in [-0.39, 0.29) is 11.3 Å². The van der Waals surface area contributed by atoms with Crippen molar-refractivity contribution < 1.29 is 18.7 Å². The van der Waals surface area contributed by atoms with Gasteiger partial charge in [-0.15, -0.1) is 0 Å². The van der Waals surface area contributed by atoms with Gasteiger partial charge in [0.1, 0.15) is 18.2 Å². The van der Waals surface area contributed by atoms with E-state index in [0.29, 0.717) is 41.5 Å². The number of benzene rings is 1. The van der Waals surface area contributed by atoms with Crippen LogP contribution in [-0.4, -0.2) is 43.0 Å². The van der Waals surface area contributed by atoms with E-state index in [4.69, 9.17) is 20.8 Å². The number of nitrogens with one attached hydrogen (secondary N) is 1. The Labute approximate surface area is 196 Å². The molecule has 33 heavy (non-hydrogen) atoms. The number of Topliss-reactive ketones (excluding diaryl/α,β-unsaturated/α-hetero) is 1. The number of halogens is 1. The van der Waals surface area contributed by atoms with Crippen molar-refractivity contribution >= 4 is 40.2 Å². The van der Waals surface area contributed by atoms with Crippen molar-refractivity contribution in [3.8, 4) is 11.1 Å². The second-order valence-electron chi connectivity index (χ2n) is 7.89. The highest BCUT2D eigenvalue weighted by Crippen LogP contribution is 2.37. The van der Waals surface area contributed by atoms with E-state index in [9.17, 15) is 9.59 Å². The number of nitrogens with zero attached hydrogens (tertiary/aromatic N) is 2. The van der Waals surface area contributed by atoms with E-state index in [1.165, 1.54) is 12.5 Å². The summed E-state index contributed by atoms with van der Waals surface area (Å²) >= 11 is 6.07. The van der Waals surface area contributed by atoms with Gasteiger partial charge in [-0.3, -0.25) is 14.6 Å². The number of hydrogen-bond donors (Lipinski definition) is 1. The van der Waals surface area contributed by atoms with E-state index in [1.54, 1.807) is 12.3 Å². The summed E-state index contributed by atoms with van der Waals surface area (Å²) in [6, 6.07) is 9.73. The molecule has 3 heterocycles. The molecule has 2 aromatic heterocycles. The summed E-state index contributed by atoms with van der Waals surface area (Å²) in [7, 11) is 0. The minimum Gasteiger partial charge on any atom is -0.470 e. The standard InChI is InChI=1S/C25H22ClN3O4/c1-2-18-19-11-16(26)12-27-23(19)24(30)22(18)25(31)28-21-14-33-13-20(21)15-4-3-5-17(10-15)29-6-8-32-9-7-29/h3-5,10-14H,2,6-9H2,1H3,(H,28,31). The van der Waals surface area contributed by atoms with E-state index < -0.39 is 11.7 Å². The summed E-state index contributed by atoms with van der Waals surface area (Å²) < 4.78 is 10.9. The van der Waals surface area contributed by atoms with Crippen LogP contribution in [0.2, 0.25) is 5.02 Å². The van der Waals surface area contributed by atoms with E-state index in [1.807, 2.05) is 19.1 Å². The number of aromatic nitrogens is 1. The van der Waals surface area contributed by atoms with E-state index >= 15 is 0 Å². The largest absolute Gasteiger partial charge is 0.470 e. The number of morpholine rings is 1. The molecule has 8 heteroatoms. The molecule has 168 valence electrons. The average molecular weight is 464 g/mol. The van der Waals surface area contributed by atoms with Crippen LogP contribution >= 0.6 is 11.6 Å². The van der Waals surface area contributed by atoms with Gasteiger partial charge in [-0.05, 0) is 35.8 Å². The molecule has 0 atom stereocenters. The highest BCUT2D eigenvalue weighted by atomic mass is 35.5. The second kappa shape index (κ2) is 8.84. The van der Waals surface area contributed by atoms with Crippen LogP contribution in [0.5, 0.6) is 0 Å². The van der Waals surface area contributed by atoms with Crippen molar-refractivity contribution in [3.63, 3.8) is 0 Å². The summed E-state index contributed by atoms with van der Waals surface area (Å²) in [5, 5.41) is 3.29. The van der Waals surface area contributed by atoms with Gasteiger partial charge < -0.3 is 19.4 Å². The Hall–Kier alpha value is -3.42. The second-order valence-corrected chi connectivity index (χ2v) is 8.33. The molecule has 7 nitrogen and oxygen atoms in total. The first kappa shape index (κ1) is 21.4. The molecular formula is C25H22ClN3O4. The molecule has 1 aromatic carbocycles. The molecule has 1 fully saturated rings. The number of carbonyl (C=O) groups is 2. The lowest BCUT2D eigenvalue weighted by Gasteiger charge is -2.29. The first-order valence-corrected chi connectivity index (χ1v) is 11.2. The zero-order chi connectivity index (χ0) is 22.9. The van der Waals surface area contributed by atoms with E-state index in [0.717, 1.165) is 29.9 Å². The number of ketones is 1. The monoisotopic (exact) mass is 463 g/mol. The van der Waals surface area contributed by atoms with Crippen LogP contribution in [0.25, 0.3) is 16.7 Å². The van der Waals surface area contributed by atoms with E-state index in [2.05, 4.69) is 27.3 Å². The lowest BCUT2D eigenvalue weighted by atomic mass is 10.0. The fourth-order valence-electron chi connectivity index (χ4n) is 4.34. The molecule has 5 rings (SSSR count). The predicted octanol–water partition coefficient (Wildman–Crippen LogP) is 4.83.